The Balaban J connectivity index is 2.44. The first-order valence-electron chi connectivity index (χ1n) is 6.00. The van der Waals surface area contributed by atoms with Gasteiger partial charge in [0.05, 0.1) is 15.9 Å². The second-order valence-corrected chi connectivity index (χ2v) is 5.97. The lowest BCUT2D eigenvalue weighted by molar-refractivity contribution is 0.619. The monoisotopic (exact) mass is 354 g/mol. The number of nitrogens with one attached hydrogen (secondary N) is 1. The molecule has 0 saturated carbocycles. The molecule has 0 atom stereocenters. The van der Waals surface area contributed by atoms with Gasteiger partial charge in [0.15, 0.2) is 10.4 Å². The highest BCUT2D eigenvalue weighted by Gasteiger charge is 2.16. The number of hydrogen-bond acceptors (Lipinski definition) is 2. The minimum atomic E-state index is -0.286. The molecular weight excluding hydrogens is 343 g/mol. The van der Waals surface area contributed by atoms with E-state index in [1.165, 1.54) is 6.07 Å². The Hall–Kier alpha value is -1.47. The fourth-order valence-electron chi connectivity index (χ4n) is 2.41. The number of hydrogen-bond donors (Lipinski definition) is 1. The molecule has 1 N–H and O–H groups in total. The molecule has 2 aromatic heterocycles. The highest BCUT2D eigenvalue weighted by atomic mass is 79.9. The fraction of sp³-hybridized carbons (Fsp3) is 0.231. The second-order valence-electron chi connectivity index (χ2n) is 4.73. The van der Waals surface area contributed by atoms with E-state index in [-0.39, 0.29) is 5.82 Å². The summed E-state index contributed by atoms with van der Waals surface area (Å²) >= 11 is 8.62. The molecule has 0 fully saturated rings. The summed E-state index contributed by atoms with van der Waals surface area (Å²) in [5.74, 6) is -0.286. The number of fused-ring (bicyclic) bond motifs is 1. The normalized spacial score (nSPS) is 11.4. The van der Waals surface area contributed by atoms with E-state index in [1.54, 1.807) is 10.7 Å². The number of H-pyrrole nitrogens is 1. The first-order valence-corrected chi connectivity index (χ1v) is 7.20. The van der Waals surface area contributed by atoms with E-state index in [1.807, 2.05) is 25.5 Å². The lowest BCUT2D eigenvalue weighted by atomic mass is 10.2. The Kier molecular flexibility index (Phi) is 3.06. The van der Waals surface area contributed by atoms with E-state index in [9.17, 15) is 4.39 Å². The van der Waals surface area contributed by atoms with Crippen molar-refractivity contribution in [2.75, 3.05) is 0 Å². The van der Waals surface area contributed by atoms with Crippen LogP contribution in [0.1, 0.15) is 11.3 Å². The molecule has 20 heavy (non-hydrogen) atoms. The molecule has 0 aliphatic carbocycles. The highest BCUT2D eigenvalue weighted by molar-refractivity contribution is 9.10. The molecule has 0 unspecified atom stereocenters. The van der Waals surface area contributed by atoms with Crippen molar-refractivity contribution in [2.24, 2.45) is 7.05 Å². The van der Waals surface area contributed by atoms with Crippen LogP contribution in [0.3, 0.4) is 0 Å². The Morgan fingerprint density at radius 1 is 1.35 bits per heavy atom. The number of aromatic nitrogens is 4. The Morgan fingerprint density at radius 2 is 2.05 bits per heavy atom. The minimum absolute atomic E-state index is 0.286. The zero-order valence-corrected chi connectivity index (χ0v) is 13.6. The maximum atomic E-state index is 13.6. The van der Waals surface area contributed by atoms with Gasteiger partial charge in [-0.3, -0.25) is 4.57 Å². The zero-order valence-electron chi connectivity index (χ0n) is 11.2. The average Bonchev–Trinajstić information content (AvgIpc) is 2.83. The Labute approximate surface area is 128 Å². The van der Waals surface area contributed by atoms with Gasteiger partial charge in [0.1, 0.15) is 11.3 Å². The third kappa shape index (κ3) is 1.84. The molecule has 3 aromatic rings. The molecule has 0 bridgehead atoms. The molecule has 0 saturated heterocycles. The topological polar surface area (TPSA) is 38.5 Å². The third-order valence-electron chi connectivity index (χ3n) is 3.32. The molecule has 104 valence electrons. The quantitative estimate of drug-likeness (QED) is 0.672. The smallest absolute Gasteiger partial charge is 0.184 e. The van der Waals surface area contributed by atoms with Crippen molar-refractivity contribution in [1.82, 2.24) is 19.3 Å². The number of aryl methyl sites for hydroxylation is 3. The van der Waals surface area contributed by atoms with Gasteiger partial charge in [-0.15, -0.1) is 0 Å². The van der Waals surface area contributed by atoms with Crippen LogP contribution in [0.25, 0.3) is 16.9 Å². The van der Waals surface area contributed by atoms with E-state index in [0.29, 0.717) is 9.24 Å². The van der Waals surface area contributed by atoms with Gasteiger partial charge >= 0.3 is 0 Å². The van der Waals surface area contributed by atoms with Crippen LogP contribution in [0.2, 0.25) is 0 Å². The van der Waals surface area contributed by atoms with Crippen LogP contribution in [-0.4, -0.2) is 19.3 Å². The van der Waals surface area contributed by atoms with Gasteiger partial charge in [-0.2, -0.15) is 5.10 Å². The van der Waals surface area contributed by atoms with Crippen molar-refractivity contribution in [3.8, 4) is 5.69 Å². The molecule has 0 aliphatic heterocycles. The number of benzene rings is 1. The molecule has 0 amide bonds. The fourth-order valence-corrected chi connectivity index (χ4v) is 3.03. The van der Waals surface area contributed by atoms with E-state index in [0.717, 1.165) is 28.1 Å². The number of nitrogens with zero attached hydrogens (tertiary/aromatic N) is 3. The van der Waals surface area contributed by atoms with Crippen molar-refractivity contribution in [3.63, 3.8) is 0 Å². The SMILES string of the molecule is Cc1cc(F)c(Br)cc1-n1c(=S)[nH]c2c(C)nn(C)c21. The van der Waals surface area contributed by atoms with Crippen LogP contribution in [0.4, 0.5) is 4.39 Å². The Bertz CT molecular complexity index is 890. The van der Waals surface area contributed by atoms with Crippen LogP contribution in [0, 0.1) is 24.4 Å². The van der Waals surface area contributed by atoms with Crippen molar-refractivity contribution >= 4 is 39.3 Å². The summed E-state index contributed by atoms with van der Waals surface area (Å²) in [7, 11) is 1.86. The molecule has 4 nitrogen and oxygen atoms in total. The van der Waals surface area contributed by atoms with Crippen LogP contribution in [0.5, 0.6) is 0 Å². The van der Waals surface area contributed by atoms with Crippen molar-refractivity contribution in [2.45, 2.75) is 13.8 Å². The summed E-state index contributed by atoms with van der Waals surface area (Å²) in [6, 6.07) is 3.22. The lowest BCUT2D eigenvalue weighted by Gasteiger charge is -2.10. The maximum Gasteiger partial charge on any atom is 0.184 e. The predicted molar refractivity (Wildman–Crippen MR) is 82.4 cm³/mol. The van der Waals surface area contributed by atoms with E-state index in [4.69, 9.17) is 12.2 Å². The molecule has 1 aromatic carbocycles. The summed E-state index contributed by atoms with van der Waals surface area (Å²) in [5, 5.41) is 4.38. The third-order valence-corrected chi connectivity index (χ3v) is 4.21. The van der Waals surface area contributed by atoms with E-state index < -0.39 is 0 Å². The number of rotatable bonds is 1. The van der Waals surface area contributed by atoms with Gasteiger partial charge in [-0.1, -0.05) is 0 Å². The van der Waals surface area contributed by atoms with Gasteiger partial charge < -0.3 is 4.98 Å². The van der Waals surface area contributed by atoms with Crippen LogP contribution < -0.4 is 0 Å². The van der Waals surface area contributed by atoms with Crippen LogP contribution >= 0.6 is 28.1 Å². The number of aromatic amines is 1. The number of imidazole rings is 1. The van der Waals surface area contributed by atoms with Gasteiger partial charge in [0.2, 0.25) is 0 Å². The van der Waals surface area contributed by atoms with Gasteiger partial charge in [0, 0.05) is 7.05 Å². The molecule has 0 aliphatic rings. The van der Waals surface area contributed by atoms with Gasteiger partial charge in [-0.25, -0.2) is 9.07 Å². The molecule has 3 rings (SSSR count). The Morgan fingerprint density at radius 3 is 2.75 bits per heavy atom. The minimum Gasteiger partial charge on any atom is -0.327 e. The molecule has 0 spiro atoms. The predicted octanol–water partition coefficient (Wildman–Crippen LogP) is 3.94. The summed E-state index contributed by atoms with van der Waals surface area (Å²) in [4.78, 5) is 3.16. The zero-order chi connectivity index (χ0) is 14.6. The number of halogens is 2. The summed E-state index contributed by atoms with van der Waals surface area (Å²) in [6.07, 6.45) is 0. The molecule has 0 radical (unpaired) electrons. The van der Waals surface area contributed by atoms with Gasteiger partial charge in [-0.05, 0) is 59.7 Å². The largest absolute Gasteiger partial charge is 0.327 e. The summed E-state index contributed by atoms with van der Waals surface area (Å²) in [5.41, 5.74) is 4.29. The molecule has 7 heteroatoms. The van der Waals surface area contributed by atoms with E-state index >= 15 is 0 Å². The van der Waals surface area contributed by atoms with Crippen molar-refractivity contribution in [3.05, 3.63) is 38.5 Å². The molecular formula is C13H12BrFN4S. The summed E-state index contributed by atoms with van der Waals surface area (Å²) < 4.78 is 18.2. The maximum absolute atomic E-state index is 13.6. The summed E-state index contributed by atoms with van der Waals surface area (Å²) in [6.45, 7) is 3.78. The van der Waals surface area contributed by atoms with E-state index in [2.05, 4.69) is 26.0 Å². The highest BCUT2D eigenvalue weighted by Crippen LogP contribution is 2.27. The second kappa shape index (κ2) is 4.53. The molecule has 2 heterocycles. The standard InChI is InChI=1S/C13H12BrFN4S/c1-6-4-9(15)8(14)5-10(6)19-12-11(16-13(19)20)7(2)17-18(12)3/h4-5H,1-3H3,(H,16,20). The van der Waals surface area contributed by atoms with Crippen LogP contribution in [-0.2, 0) is 7.05 Å². The van der Waals surface area contributed by atoms with Gasteiger partial charge in [0.25, 0.3) is 0 Å². The first kappa shape index (κ1) is 13.5. The average molecular weight is 355 g/mol. The first-order chi connectivity index (χ1) is 9.40. The van der Waals surface area contributed by atoms with Crippen LogP contribution in [0.15, 0.2) is 16.6 Å². The lowest BCUT2D eigenvalue weighted by Crippen LogP contribution is -2.03. The van der Waals surface area contributed by atoms with Crippen molar-refractivity contribution < 1.29 is 4.39 Å². The van der Waals surface area contributed by atoms with Crippen molar-refractivity contribution in [1.29, 1.82) is 0 Å².